The first kappa shape index (κ1) is 28.8. The second-order valence-electron chi connectivity index (χ2n) is 10.2. The number of thiazole rings is 1. The number of aryl methyl sites for hydroxylation is 1. The van der Waals surface area contributed by atoms with E-state index in [-0.39, 0.29) is 24.3 Å². The molecule has 218 valence electrons. The van der Waals surface area contributed by atoms with Crippen LogP contribution in [0.25, 0.3) is 20.8 Å². The van der Waals surface area contributed by atoms with E-state index in [2.05, 4.69) is 30.3 Å². The Labute approximate surface area is 238 Å². The van der Waals surface area contributed by atoms with Crippen molar-refractivity contribution in [3.8, 4) is 16.3 Å². The molecule has 0 unspecified atom stereocenters. The van der Waals surface area contributed by atoms with Crippen LogP contribution in [-0.2, 0) is 0 Å². The van der Waals surface area contributed by atoms with Gasteiger partial charge in [0, 0.05) is 25.6 Å². The van der Waals surface area contributed by atoms with Crippen LogP contribution < -0.4 is 21.1 Å². The van der Waals surface area contributed by atoms with Crippen molar-refractivity contribution in [2.75, 3.05) is 23.0 Å². The van der Waals surface area contributed by atoms with E-state index < -0.39 is 30.3 Å². The predicted molar refractivity (Wildman–Crippen MR) is 152 cm³/mol. The maximum absolute atomic E-state index is 13.2. The van der Waals surface area contributed by atoms with Gasteiger partial charge in [-0.1, -0.05) is 12.1 Å². The van der Waals surface area contributed by atoms with Gasteiger partial charge in [0.2, 0.25) is 5.95 Å². The molecule has 1 aromatic carbocycles. The van der Waals surface area contributed by atoms with Crippen LogP contribution in [0.1, 0.15) is 37.6 Å². The van der Waals surface area contributed by atoms with Crippen molar-refractivity contribution in [1.82, 2.24) is 19.9 Å². The molecule has 7 N–H and O–H groups in total. The number of nitrogens with two attached hydrogens (primary N) is 1. The molecule has 0 aliphatic heterocycles. The Hall–Kier alpha value is -3.72. The Morgan fingerprint density at radius 3 is 2.51 bits per heavy atom. The molecule has 5 rings (SSSR count). The van der Waals surface area contributed by atoms with E-state index in [1.807, 2.05) is 13.0 Å². The van der Waals surface area contributed by atoms with Gasteiger partial charge in [0.05, 0.1) is 34.1 Å². The number of halogens is 2. The van der Waals surface area contributed by atoms with Crippen LogP contribution >= 0.6 is 11.3 Å². The first-order chi connectivity index (χ1) is 19.4. The molecule has 0 radical (unpaired) electrons. The standard InChI is InChI=1S/C27H31F2N7O4S/c1-12(14-4-6-16(7-5-14)40-27(3,28)29)32-26-33-13(2)19(25-35-20-18(41-25)8-9-31-23(20)30)24(36-26)34-17-10-15(11-37)21(38)22(17)39/h4-9,12,15,17,21-22,37-39H,10-11H2,1-3H3,(H2,30,31)(H2,32,33,34,36)/t12-,15-,17-,21-,22+/m1/s1. The van der Waals surface area contributed by atoms with Crippen molar-refractivity contribution in [1.29, 1.82) is 0 Å². The zero-order valence-electron chi connectivity index (χ0n) is 22.5. The van der Waals surface area contributed by atoms with Gasteiger partial charge in [-0.05, 0) is 44.0 Å². The van der Waals surface area contributed by atoms with Gasteiger partial charge in [-0.3, -0.25) is 0 Å². The quantitative estimate of drug-likeness (QED) is 0.169. The van der Waals surface area contributed by atoms with Crippen molar-refractivity contribution in [2.45, 2.75) is 57.6 Å². The molecular weight excluding hydrogens is 556 g/mol. The lowest BCUT2D eigenvalue weighted by molar-refractivity contribution is -0.158. The fourth-order valence-corrected chi connectivity index (χ4v) is 5.98. The van der Waals surface area contributed by atoms with Gasteiger partial charge >= 0.3 is 6.11 Å². The highest BCUT2D eigenvalue weighted by Crippen LogP contribution is 2.39. The van der Waals surface area contributed by atoms with E-state index in [9.17, 15) is 24.1 Å². The number of nitrogens with one attached hydrogen (secondary N) is 2. The van der Waals surface area contributed by atoms with Gasteiger partial charge in [0.1, 0.15) is 28.2 Å². The van der Waals surface area contributed by atoms with Gasteiger partial charge in [-0.25, -0.2) is 15.0 Å². The third kappa shape index (κ3) is 6.15. The number of benzene rings is 1. The summed E-state index contributed by atoms with van der Waals surface area (Å²) in [6, 6.07) is 7.18. The van der Waals surface area contributed by atoms with Crippen molar-refractivity contribution in [2.24, 2.45) is 5.92 Å². The lowest BCUT2D eigenvalue weighted by Gasteiger charge is -2.22. The minimum Gasteiger partial charge on any atom is -0.433 e. The summed E-state index contributed by atoms with van der Waals surface area (Å²) in [5.74, 6) is 0.502. The normalized spacial score (nSPS) is 21.7. The number of rotatable bonds is 9. The summed E-state index contributed by atoms with van der Waals surface area (Å²) in [5.41, 5.74) is 8.56. The lowest BCUT2D eigenvalue weighted by atomic mass is 10.1. The zero-order valence-corrected chi connectivity index (χ0v) is 23.4. The van der Waals surface area contributed by atoms with Gasteiger partial charge in [-0.2, -0.15) is 13.8 Å². The first-order valence-electron chi connectivity index (χ1n) is 13.0. The molecule has 11 nitrogen and oxygen atoms in total. The second-order valence-corrected chi connectivity index (χ2v) is 11.2. The molecule has 1 aliphatic carbocycles. The Morgan fingerprint density at radius 1 is 1.15 bits per heavy atom. The zero-order chi connectivity index (χ0) is 29.5. The van der Waals surface area contributed by atoms with Crippen molar-refractivity contribution in [3.05, 3.63) is 47.8 Å². The average Bonchev–Trinajstić information content (AvgIpc) is 3.45. The van der Waals surface area contributed by atoms with Crippen molar-refractivity contribution >= 4 is 39.1 Å². The highest BCUT2D eigenvalue weighted by molar-refractivity contribution is 7.21. The third-order valence-corrected chi connectivity index (χ3v) is 8.06. The number of alkyl halides is 2. The summed E-state index contributed by atoms with van der Waals surface area (Å²) in [5, 5.41) is 37.8. The second kappa shape index (κ2) is 11.3. The molecule has 4 aromatic rings. The summed E-state index contributed by atoms with van der Waals surface area (Å²) < 4.78 is 31.8. The fraction of sp³-hybridized carbons (Fsp3) is 0.407. The fourth-order valence-electron chi connectivity index (χ4n) is 4.91. The van der Waals surface area contributed by atoms with E-state index in [1.54, 1.807) is 25.3 Å². The van der Waals surface area contributed by atoms with Crippen LogP contribution in [0.5, 0.6) is 5.75 Å². The predicted octanol–water partition coefficient (Wildman–Crippen LogP) is 3.72. The summed E-state index contributed by atoms with van der Waals surface area (Å²) in [7, 11) is 0. The molecule has 14 heteroatoms. The molecule has 0 amide bonds. The number of hydrogen-bond donors (Lipinski definition) is 6. The van der Waals surface area contributed by atoms with Crippen LogP contribution in [0, 0.1) is 12.8 Å². The summed E-state index contributed by atoms with van der Waals surface area (Å²) in [6.45, 7) is 4.09. The van der Waals surface area contributed by atoms with Crippen LogP contribution in [0.4, 0.5) is 26.4 Å². The third-order valence-electron chi connectivity index (χ3n) is 7.02. The van der Waals surface area contributed by atoms with E-state index in [4.69, 9.17) is 10.7 Å². The monoisotopic (exact) mass is 587 g/mol. The van der Waals surface area contributed by atoms with E-state index in [1.165, 1.54) is 23.5 Å². The van der Waals surface area contributed by atoms with Crippen molar-refractivity contribution in [3.63, 3.8) is 0 Å². The Bertz CT molecular complexity index is 1530. The highest BCUT2D eigenvalue weighted by Gasteiger charge is 2.41. The number of aromatic nitrogens is 4. The largest absolute Gasteiger partial charge is 0.433 e. The van der Waals surface area contributed by atoms with Crippen LogP contribution in [-0.4, -0.2) is 66.2 Å². The number of pyridine rings is 1. The smallest absolute Gasteiger partial charge is 0.394 e. The maximum Gasteiger partial charge on any atom is 0.394 e. The number of aliphatic hydroxyl groups excluding tert-OH is 3. The van der Waals surface area contributed by atoms with Gasteiger partial charge in [-0.15, -0.1) is 11.3 Å². The molecule has 0 saturated heterocycles. The average molecular weight is 588 g/mol. The number of nitrogen functional groups attached to an aromatic ring is 1. The maximum atomic E-state index is 13.2. The van der Waals surface area contributed by atoms with Gasteiger partial charge < -0.3 is 36.4 Å². The number of fused-ring (bicyclic) bond motifs is 1. The molecule has 3 aromatic heterocycles. The van der Waals surface area contributed by atoms with E-state index >= 15 is 0 Å². The molecule has 1 saturated carbocycles. The van der Waals surface area contributed by atoms with Crippen LogP contribution in [0.3, 0.4) is 0 Å². The van der Waals surface area contributed by atoms with Crippen LogP contribution in [0.2, 0.25) is 0 Å². The highest BCUT2D eigenvalue weighted by atomic mass is 32.1. The molecule has 1 aliphatic rings. The lowest BCUT2D eigenvalue weighted by Crippen LogP contribution is -2.35. The van der Waals surface area contributed by atoms with E-state index in [0.717, 1.165) is 10.3 Å². The number of aliphatic hydroxyl groups is 3. The number of ether oxygens (including phenoxy) is 1. The number of hydrogen-bond acceptors (Lipinski definition) is 12. The topological polar surface area (TPSA) is 172 Å². The summed E-state index contributed by atoms with van der Waals surface area (Å²) in [4.78, 5) is 18.2. The molecule has 41 heavy (non-hydrogen) atoms. The minimum atomic E-state index is -3.28. The SMILES string of the molecule is Cc1nc(N[C@H](C)c2ccc(OC(C)(F)F)cc2)nc(N[C@@H]2C[C@H](CO)[C@@H](O)[C@H]2O)c1-c1nc2c(N)nccc2s1. The molecular formula is C27H31F2N7O4S. The Morgan fingerprint density at radius 2 is 1.88 bits per heavy atom. The molecule has 1 fully saturated rings. The summed E-state index contributed by atoms with van der Waals surface area (Å²) in [6.07, 6.45) is -3.57. The molecule has 5 atom stereocenters. The molecule has 3 heterocycles. The van der Waals surface area contributed by atoms with Gasteiger partial charge in [0.15, 0.2) is 5.82 Å². The minimum absolute atomic E-state index is 0.0431. The van der Waals surface area contributed by atoms with E-state index in [0.29, 0.717) is 46.8 Å². The Kier molecular flexibility index (Phi) is 7.92. The van der Waals surface area contributed by atoms with Crippen LogP contribution in [0.15, 0.2) is 36.5 Å². The molecule has 0 bridgehead atoms. The van der Waals surface area contributed by atoms with Crippen molar-refractivity contribution < 1.29 is 28.8 Å². The number of anilines is 3. The first-order valence-corrected chi connectivity index (χ1v) is 13.8. The molecule has 0 spiro atoms. The number of nitrogens with zero attached hydrogens (tertiary/aromatic N) is 4. The summed E-state index contributed by atoms with van der Waals surface area (Å²) >= 11 is 1.39. The van der Waals surface area contributed by atoms with Gasteiger partial charge in [0.25, 0.3) is 0 Å². The Balaban J connectivity index is 1.48.